The number of ether oxygens (including phenoxy) is 1. The molecule has 1 aromatic heterocycles. The maximum Gasteiger partial charge on any atom is 0.119 e. The number of hydrogen-bond donors (Lipinski definition) is 1. The smallest absolute Gasteiger partial charge is 0.119 e. The molecule has 2 aromatic rings. The molecule has 0 bridgehead atoms. The second kappa shape index (κ2) is 5.57. The summed E-state index contributed by atoms with van der Waals surface area (Å²) in [6.07, 6.45) is 2.25. The molecule has 1 aliphatic carbocycles. The molecule has 0 saturated heterocycles. The van der Waals surface area contributed by atoms with E-state index in [4.69, 9.17) is 10.5 Å². The molecule has 0 spiro atoms. The highest BCUT2D eigenvalue weighted by atomic mass is 32.2. The standard InChI is InChI=1S/C15H17NOS2/c1-17-11-6-4-10-5-7-13(15(16)12(10)9-11)19-14-3-2-8-18-14/h2-4,6,8-9,13,15H,5,7,16H2,1H3. The lowest BCUT2D eigenvalue weighted by Crippen LogP contribution is -2.29. The molecule has 2 atom stereocenters. The van der Waals surface area contributed by atoms with Crippen LogP contribution in [0.4, 0.5) is 0 Å². The van der Waals surface area contributed by atoms with Crippen molar-refractivity contribution in [1.29, 1.82) is 0 Å². The number of rotatable bonds is 3. The third kappa shape index (κ3) is 2.66. The molecule has 100 valence electrons. The molecule has 2 unspecified atom stereocenters. The Bertz CT molecular complexity index is 553. The van der Waals surface area contributed by atoms with Gasteiger partial charge in [-0.15, -0.1) is 23.1 Å². The van der Waals surface area contributed by atoms with Crippen molar-refractivity contribution in [2.75, 3.05) is 7.11 Å². The third-order valence-corrected chi connectivity index (χ3v) is 6.01. The Balaban J connectivity index is 1.84. The molecule has 4 heteroatoms. The van der Waals surface area contributed by atoms with Crippen LogP contribution in [0.15, 0.2) is 39.9 Å². The number of benzene rings is 1. The summed E-state index contributed by atoms with van der Waals surface area (Å²) in [5.74, 6) is 0.899. The largest absolute Gasteiger partial charge is 0.497 e. The van der Waals surface area contributed by atoms with Crippen LogP contribution >= 0.6 is 23.1 Å². The van der Waals surface area contributed by atoms with Crippen LogP contribution in [0.2, 0.25) is 0 Å². The van der Waals surface area contributed by atoms with Crippen molar-refractivity contribution in [1.82, 2.24) is 0 Å². The summed E-state index contributed by atoms with van der Waals surface area (Å²) >= 11 is 3.70. The van der Waals surface area contributed by atoms with Crippen molar-refractivity contribution in [2.24, 2.45) is 5.73 Å². The quantitative estimate of drug-likeness (QED) is 0.932. The predicted molar refractivity (Wildman–Crippen MR) is 82.2 cm³/mol. The summed E-state index contributed by atoms with van der Waals surface area (Å²) in [6, 6.07) is 10.6. The molecule has 0 radical (unpaired) electrons. The van der Waals surface area contributed by atoms with E-state index in [1.54, 1.807) is 18.4 Å². The van der Waals surface area contributed by atoms with Crippen LogP contribution < -0.4 is 10.5 Å². The van der Waals surface area contributed by atoms with Crippen molar-refractivity contribution >= 4 is 23.1 Å². The maximum absolute atomic E-state index is 6.46. The molecule has 1 aliphatic rings. The van der Waals surface area contributed by atoms with E-state index < -0.39 is 0 Å². The van der Waals surface area contributed by atoms with Gasteiger partial charge in [0.25, 0.3) is 0 Å². The average molecular weight is 291 g/mol. The van der Waals surface area contributed by atoms with Gasteiger partial charge in [0.2, 0.25) is 0 Å². The Labute approximate surface area is 122 Å². The molecule has 0 amide bonds. The van der Waals surface area contributed by atoms with Crippen LogP contribution in [0.3, 0.4) is 0 Å². The van der Waals surface area contributed by atoms with Gasteiger partial charge in [-0.25, -0.2) is 0 Å². The van der Waals surface area contributed by atoms with E-state index >= 15 is 0 Å². The Kier molecular flexibility index (Phi) is 3.82. The Morgan fingerprint density at radius 1 is 1.37 bits per heavy atom. The second-order valence-electron chi connectivity index (χ2n) is 4.72. The summed E-state index contributed by atoms with van der Waals surface area (Å²) in [4.78, 5) is 0. The second-order valence-corrected chi connectivity index (χ2v) is 7.20. The van der Waals surface area contributed by atoms with Crippen molar-refractivity contribution in [3.8, 4) is 5.75 Å². The van der Waals surface area contributed by atoms with E-state index in [1.165, 1.54) is 15.3 Å². The van der Waals surface area contributed by atoms with Crippen LogP contribution in [-0.4, -0.2) is 12.4 Å². The van der Waals surface area contributed by atoms with Crippen LogP contribution in [0.25, 0.3) is 0 Å². The van der Waals surface area contributed by atoms with Crippen molar-refractivity contribution in [2.45, 2.75) is 28.3 Å². The fourth-order valence-corrected chi connectivity index (χ4v) is 4.72. The molecule has 1 aromatic carbocycles. The van der Waals surface area contributed by atoms with Gasteiger partial charge in [-0.3, -0.25) is 0 Å². The van der Waals surface area contributed by atoms with Gasteiger partial charge in [-0.1, -0.05) is 12.1 Å². The maximum atomic E-state index is 6.46. The molecule has 19 heavy (non-hydrogen) atoms. The first kappa shape index (κ1) is 13.0. The van der Waals surface area contributed by atoms with Gasteiger partial charge in [-0.2, -0.15) is 0 Å². The zero-order chi connectivity index (χ0) is 13.2. The molecule has 0 saturated carbocycles. The Hall–Kier alpha value is -0.970. The van der Waals surface area contributed by atoms with Gasteiger partial charge < -0.3 is 10.5 Å². The first-order valence-corrected chi connectivity index (χ1v) is 8.16. The highest BCUT2D eigenvalue weighted by Gasteiger charge is 2.28. The van der Waals surface area contributed by atoms with E-state index in [0.717, 1.165) is 18.6 Å². The molecular weight excluding hydrogens is 274 g/mol. The van der Waals surface area contributed by atoms with E-state index in [2.05, 4.69) is 29.6 Å². The van der Waals surface area contributed by atoms with Gasteiger partial charge in [0, 0.05) is 11.3 Å². The average Bonchev–Trinajstić information content (AvgIpc) is 2.95. The summed E-state index contributed by atoms with van der Waals surface area (Å²) in [5.41, 5.74) is 9.08. The number of hydrogen-bond acceptors (Lipinski definition) is 4. The lowest BCUT2D eigenvalue weighted by Gasteiger charge is -2.30. The first-order valence-electron chi connectivity index (χ1n) is 6.40. The number of fused-ring (bicyclic) bond motifs is 1. The van der Waals surface area contributed by atoms with Crippen LogP contribution in [0, 0.1) is 0 Å². The Morgan fingerprint density at radius 2 is 2.26 bits per heavy atom. The number of thiophene rings is 1. The number of nitrogens with two attached hydrogens (primary N) is 1. The lowest BCUT2D eigenvalue weighted by atomic mass is 9.87. The monoisotopic (exact) mass is 291 g/mol. The van der Waals surface area contributed by atoms with Crippen LogP contribution in [0.1, 0.15) is 23.6 Å². The van der Waals surface area contributed by atoms with Gasteiger partial charge in [0.1, 0.15) is 5.75 Å². The summed E-state index contributed by atoms with van der Waals surface area (Å²) in [6.45, 7) is 0. The highest BCUT2D eigenvalue weighted by molar-refractivity contribution is 8.01. The summed E-state index contributed by atoms with van der Waals surface area (Å²) < 4.78 is 6.66. The Morgan fingerprint density at radius 3 is 3.00 bits per heavy atom. The summed E-state index contributed by atoms with van der Waals surface area (Å²) in [5, 5.41) is 2.58. The number of thioether (sulfide) groups is 1. The highest BCUT2D eigenvalue weighted by Crippen LogP contribution is 2.41. The lowest BCUT2D eigenvalue weighted by molar-refractivity contribution is 0.412. The van der Waals surface area contributed by atoms with Crippen molar-refractivity contribution in [3.63, 3.8) is 0 Å². The van der Waals surface area contributed by atoms with Gasteiger partial charge >= 0.3 is 0 Å². The molecule has 2 nitrogen and oxygen atoms in total. The van der Waals surface area contributed by atoms with E-state index in [9.17, 15) is 0 Å². The minimum absolute atomic E-state index is 0.0888. The SMILES string of the molecule is COc1ccc2c(c1)C(N)C(Sc1cccs1)CC2. The van der Waals surface area contributed by atoms with Gasteiger partial charge in [-0.05, 0) is 47.5 Å². The van der Waals surface area contributed by atoms with Crippen LogP contribution in [-0.2, 0) is 6.42 Å². The molecule has 1 heterocycles. The van der Waals surface area contributed by atoms with Crippen LogP contribution in [0.5, 0.6) is 5.75 Å². The molecule has 2 N–H and O–H groups in total. The van der Waals surface area contributed by atoms with Gasteiger partial charge in [0.05, 0.1) is 11.3 Å². The third-order valence-electron chi connectivity index (χ3n) is 3.57. The van der Waals surface area contributed by atoms with E-state index in [0.29, 0.717) is 5.25 Å². The summed E-state index contributed by atoms with van der Waals surface area (Å²) in [7, 11) is 1.70. The predicted octanol–water partition coefficient (Wildman–Crippen LogP) is 3.86. The van der Waals surface area contributed by atoms with E-state index in [-0.39, 0.29) is 6.04 Å². The van der Waals surface area contributed by atoms with Crippen molar-refractivity contribution in [3.05, 3.63) is 46.8 Å². The normalized spacial score (nSPS) is 22.0. The molecule has 0 aliphatic heterocycles. The zero-order valence-corrected chi connectivity index (χ0v) is 12.5. The molecule has 0 fully saturated rings. The van der Waals surface area contributed by atoms with Gasteiger partial charge in [0.15, 0.2) is 0 Å². The first-order chi connectivity index (χ1) is 9.28. The minimum atomic E-state index is 0.0888. The minimum Gasteiger partial charge on any atom is -0.497 e. The fraction of sp³-hybridized carbons (Fsp3) is 0.333. The zero-order valence-electron chi connectivity index (χ0n) is 10.8. The number of aryl methyl sites for hydroxylation is 1. The molecule has 3 rings (SSSR count). The van der Waals surface area contributed by atoms with E-state index in [1.807, 2.05) is 17.8 Å². The van der Waals surface area contributed by atoms with Crippen molar-refractivity contribution < 1.29 is 4.74 Å². The fourth-order valence-electron chi connectivity index (χ4n) is 2.53. The number of methoxy groups -OCH3 is 1. The topological polar surface area (TPSA) is 35.2 Å². The molecular formula is C15H17NOS2.